The number of nitrogens with zero attached hydrogens (tertiary/aromatic N) is 4. The van der Waals surface area contributed by atoms with E-state index in [4.69, 9.17) is 5.26 Å². The molecule has 0 saturated carbocycles. The first-order chi connectivity index (χ1) is 12.6. The molecule has 4 heterocycles. The van der Waals surface area contributed by atoms with Gasteiger partial charge in [-0.3, -0.25) is 14.0 Å². The van der Waals surface area contributed by atoms with Gasteiger partial charge in [-0.2, -0.15) is 0 Å². The quantitative estimate of drug-likeness (QED) is 0.421. The van der Waals surface area contributed by atoms with Crippen molar-refractivity contribution in [1.82, 2.24) is 24.1 Å². The van der Waals surface area contributed by atoms with Crippen molar-refractivity contribution in [2.24, 2.45) is 0 Å². The number of hydrogen-bond acceptors (Lipinski definition) is 6. The van der Waals surface area contributed by atoms with Crippen LogP contribution < -0.4 is 15.8 Å². The van der Waals surface area contributed by atoms with Crippen LogP contribution in [0.2, 0.25) is 0 Å². The molecule has 4 aromatic rings. The molecular weight excluding hydrogens is 338 g/mol. The topological polar surface area (TPSA) is 110 Å². The lowest BCUT2D eigenvalue weighted by atomic mass is 10.3. The average molecular weight is 351 g/mol. The molecule has 0 aliphatic rings. The van der Waals surface area contributed by atoms with Crippen molar-refractivity contribution >= 4 is 17.2 Å². The lowest BCUT2D eigenvalue weighted by Gasteiger charge is -2.04. The molecule has 0 fully saturated rings. The zero-order valence-electron chi connectivity index (χ0n) is 13.4. The number of hydrogen-bond donors (Lipinski definition) is 2. The third-order valence-electron chi connectivity index (χ3n) is 3.82. The fourth-order valence-corrected chi connectivity index (χ4v) is 2.59. The summed E-state index contributed by atoms with van der Waals surface area (Å²) in [7, 11) is 0. The standard InChI is InChI=1S/C17H13N5O4/c23-16-8-13(20-14-3-1-2-5-22(14)16)17(24)18-9-11-10-21-6-4-12(26-25)7-15(21)19-11/h1-8,10,25H,9H2,(H,18,24). The number of aromatic nitrogens is 4. The minimum absolute atomic E-state index is 0.0425. The maximum absolute atomic E-state index is 12.3. The smallest absolute Gasteiger partial charge is 0.270 e. The number of imidazole rings is 1. The summed E-state index contributed by atoms with van der Waals surface area (Å²) in [6.45, 7) is 0.158. The summed E-state index contributed by atoms with van der Waals surface area (Å²) in [5.41, 5.74) is 1.27. The Kier molecular flexibility index (Phi) is 3.82. The average Bonchev–Trinajstić information content (AvgIpc) is 3.08. The molecule has 26 heavy (non-hydrogen) atoms. The first-order valence-electron chi connectivity index (χ1n) is 7.70. The predicted octanol–water partition coefficient (Wildman–Crippen LogP) is 1.12. The maximum Gasteiger partial charge on any atom is 0.270 e. The molecule has 0 radical (unpaired) electrons. The second-order valence-electron chi connectivity index (χ2n) is 5.54. The van der Waals surface area contributed by atoms with E-state index in [2.05, 4.69) is 20.2 Å². The van der Waals surface area contributed by atoms with Crippen molar-refractivity contribution in [1.29, 1.82) is 0 Å². The van der Waals surface area contributed by atoms with Crippen LogP contribution >= 0.6 is 0 Å². The summed E-state index contributed by atoms with van der Waals surface area (Å²) in [4.78, 5) is 37.1. The molecule has 0 aliphatic carbocycles. The number of carbonyl (C=O) groups excluding carboxylic acids is 1. The molecule has 0 bridgehead atoms. The van der Waals surface area contributed by atoms with E-state index in [-0.39, 0.29) is 23.5 Å². The van der Waals surface area contributed by atoms with Gasteiger partial charge in [-0.05, 0) is 12.1 Å². The Morgan fingerprint density at radius 1 is 1.15 bits per heavy atom. The summed E-state index contributed by atoms with van der Waals surface area (Å²) in [6.07, 6.45) is 5.00. The van der Waals surface area contributed by atoms with Crippen molar-refractivity contribution in [2.75, 3.05) is 0 Å². The number of rotatable bonds is 4. The van der Waals surface area contributed by atoms with Gasteiger partial charge in [0.15, 0.2) is 5.75 Å². The van der Waals surface area contributed by atoms with Gasteiger partial charge in [0.05, 0.1) is 12.2 Å². The molecule has 0 aromatic carbocycles. The molecular formula is C17H13N5O4. The van der Waals surface area contributed by atoms with Crippen LogP contribution in [0.15, 0.2) is 59.8 Å². The summed E-state index contributed by atoms with van der Waals surface area (Å²) in [6, 6.07) is 9.43. The van der Waals surface area contributed by atoms with Crippen molar-refractivity contribution in [3.63, 3.8) is 0 Å². The van der Waals surface area contributed by atoms with E-state index in [0.29, 0.717) is 17.0 Å². The predicted molar refractivity (Wildman–Crippen MR) is 91.1 cm³/mol. The lowest BCUT2D eigenvalue weighted by molar-refractivity contribution is -0.137. The monoisotopic (exact) mass is 351 g/mol. The Hall–Kier alpha value is -3.72. The second kappa shape index (κ2) is 6.30. The van der Waals surface area contributed by atoms with Gasteiger partial charge in [-0.15, -0.1) is 0 Å². The van der Waals surface area contributed by atoms with E-state index in [1.165, 1.54) is 10.5 Å². The minimum Gasteiger partial charge on any atom is -0.345 e. The molecule has 0 aliphatic heterocycles. The highest BCUT2D eigenvalue weighted by molar-refractivity contribution is 5.92. The van der Waals surface area contributed by atoms with Gasteiger partial charge in [0.25, 0.3) is 11.5 Å². The lowest BCUT2D eigenvalue weighted by Crippen LogP contribution is -2.27. The van der Waals surface area contributed by atoms with E-state index in [0.717, 1.165) is 0 Å². The zero-order valence-corrected chi connectivity index (χ0v) is 13.4. The van der Waals surface area contributed by atoms with E-state index in [1.807, 2.05) is 0 Å². The van der Waals surface area contributed by atoms with E-state index >= 15 is 0 Å². The number of carbonyl (C=O) groups is 1. The normalized spacial score (nSPS) is 11.0. The van der Waals surface area contributed by atoms with Gasteiger partial charge in [0.1, 0.15) is 17.0 Å². The molecule has 0 atom stereocenters. The van der Waals surface area contributed by atoms with Crippen LogP contribution in [0.1, 0.15) is 16.2 Å². The van der Waals surface area contributed by atoms with Crippen LogP contribution in [-0.4, -0.2) is 29.9 Å². The number of amides is 1. The van der Waals surface area contributed by atoms with E-state index in [9.17, 15) is 9.59 Å². The largest absolute Gasteiger partial charge is 0.345 e. The van der Waals surface area contributed by atoms with Gasteiger partial charge in [0, 0.05) is 36.8 Å². The van der Waals surface area contributed by atoms with Gasteiger partial charge in [0.2, 0.25) is 0 Å². The van der Waals surface area contributed by atoms with Crippen molar-refractivity contribution < 1.29 is 14.9 Å². The molecule has 130 valence electrons. The van der Waals surface area contributed by atoms with Crippen LogP contribution in [0, 0.1) is 0 Å². The van der Waals surface area contributed by atoms with Crippen molar-refractivity contribution in [2.45, 2.75) is 6.54 Å². The molecule has 0 unspecified atom stereocenters. The fraction of sp³-hybridized carbons (Fsp3) is 0.0588. The third-order valence-corrected chi connectivity index (χ3v) is 3.82. The summed E-state index contributed by atoms with van der Waals surface area (Å²) < 4.78 is 3.09. The fourth-order valence-electron chi connectivity index (χ4n) is 2.59. The maximum atomic E-state index is 12.3. The third kappa shape index (κ3) is 2.87. The zero-order chi connectivity index (χ0) is 18.1. The van der Waals surface area contributed by atoms with Crippen molar-refractivity contribution in [3.8, 4) is 5.75 Å². The summed E-state index contributed by atoms with van der Waals surface area (Å²) in [5.74, 6) is -0.204. The Balaban J connectivity index is 1.54. The van der Waals surface area contributed by atoms with E-state index < -0.39 is 5.91 Å². The highest BCUT2D eigenvalue weighted by Gasteiger charge is 2.11. The Labute approximate surface area is 146 Å². The Bertz CT molecular complexity index is 1180. The molecule has 4 rings (SSSR count). The number of fused-ring (bicyclic) bond motifs is 2. The highest BCUT2D eigenvalue weighted by Crippen LogP contribution is 2.14. The molecule has 9 heteroatoms. The number of pyridine rings is 2. The summed E-state index contributed by atoms with van der Waals surface area (Å²) in [5, 5.41) is 11.4. The molecule has 2 N–H and O–H groups in total. The van der Waals surface area contributed by atoms with Crippen LogP contribution in [0.5, 0.6) is 5.75 Å². The van der Waals surface area contributed by atoms with Crippen LogP contribution in [0.3, 0.4) is 0 Å². The Morgan fingerprint density at radius 3 is 2.88 bits per heavy atom. The molecule has 1 amide bonds. The molecule has 0 spiro atoms. The second-order valence-corrected chi connectivity index (χ2v) is 5.54. The van der Waals surface area contributed by atoms with Crippen LogP contribution in [0.4, 0.5) is 0 Å². The van der Waals surface area contributed by atoms with Gasteiger partial charge < -0.3 is 14.6 Å². The van der Waals surface area contributed by atoms with Gasteiger partial charge in [-0.1, -0.05) is 6.07 Å². The number of nitrogens with one attached hydrogen (secondary N) is 1. The first kappa shape index (κ1) is 15.8. The molecule has 9 nitrogen and oxygen atoms in total. The SMILES string of the molecule is O=C(NCc1cn2ccc(OO)cc2n1)c1cc(=O)n2ccccc2n1. The summed E-state index contributed by atoms with van der Waals surface area (Å²) >= 11 is 0. The molecule has 4 aromatic heterocycles. The molecule has 0 saturated heterocycles. The first-order valence-corrected chi connectivity index (χ1v) is 7.70. The van der Waals surface area contributed by atoms with Gasteiger partial charge >= 0.3 is 0 Å². The van der Waals surface area contributed by atoms with Gasteiger partial charge in [-0.25, -0.2) is 15.2 Å². The van der Waals surface area contributed by atoms with Crippen LogP contribution in [0.25, 0.3) is 11.3 Å². The van der Waals surface area contributed by atoms with E-state index in [1.54, 1.807) is 53.3 Å². The Morgan fingerprint density at radius 2 is 2.04 bits per heavy atom. The minimum atomic E-state index is -0.468. The van der Waals surface area contributed by atoms with Crippen molar-refractivity contribution in [3.05, 3.63) is 76.7 Å². The van der Waals surface area contributed by atoms with Crippen LogP contribution in [-0.2, 0) is 6.54 Å². The highest BCUT2D eigenvalue weighted by atomic mass is 17.1.